The van der Waals surface area contributed by atoms with E-state index in [2.05, 4.69) is 20.3 Å². The molecule has 0 saturated heterocycles. The summed E-state index contributed by atoms with van der Waals surface area (Å²) >= 11 is 5.83. The van der Waals surface area contributed by atoms with Crippen LogP contribution in [0.2, 0.25) is 5.28 Å². The standard InChI is InChI=1S/C11H14ClN5O/c1-7-4-5-8(18-7)6-13-10-14-9(12)15-11(16-10)17(2)3/h4-5H,6H2,1-3H3,(H,13,14,15,16). The molecule has 0 aromatic carbocycles. The number of aromatic nitrogens is 3. The van der Waals surface area contributed by atoms with E-state index in [1.54, 1.807) is 4.90 Å². The summed E-state index contributed by atoms with van der Waals surface area (Å²) in [6, 6.07) is 3.81. The highest BCUT2D eigenvalue weighted by Crippen LogP contribution is 2.13. The summed E-state index contributed by atoms with van der Waals surface area (Å²) in [5, 5.41) is 3.20. The number of halogens is 1. The molecule has 0 aliphatic heterocycles. The molecule has 0 bridgehead atoms. The summed E-state index contributed by atoms with van der Waals surface area (Å²) in [5.41, 5.74) is 0. The van der Waals surface area contributed by atoms with Gasteiger partial charge in [0.05, 0.1) is 6.54 Å². The summed E-state index contributed by atoms with van der Waals surface area (Å²) < 4.78 is 5.44. The van der Waals surface area contributed by atoms with Crippen LogP contribution >= 0.6 is 11.6 Å². The maximum Gasteiger partial charge on any atom is 0.230 e. The number of nitrogens with zero attached hydrogens (tertiary/aromatic N) is 4. The van der Waals surface area contributed by atoms with Crippen LogP contribution in [0.3, 0.4) is 0 Å². The van der Waals surface area contributed by atoms with Crippen LogP contribution < -0.4 is 10.2 Å². The zero-order chi connectivity index (χ0) is 13.1. The molecule has 0 atom stereocenters. The maximum atomic E-state index is 5.83. The van der Waals surface area contributed by atoms with Gasteiger partial charge in [-0.25, -0.2) is 0 Å². The van der Waals surface area contributed by atoms with E-state index < -0.39 is 0 Å². The largest absolute Gasteiger partial charge is 0.465 e. The Hall–Kier alpha value is -1.82. The fraction of sp³-hybridized carbons (Fsp3) is 0.364. The lowest BCUT2D eigenvalue weighted by Crippen LogP contribution is -2.15. The molecule has 0 amide bonds. The minimum absolute atomic E-state index is 0.159. The van der Waals surface area contributed by atoms with Crippen LogP contribution in [0.25, 0.3) is 0 Å². The zero-order valence-corrected chi connectivity index (χ0v) is 11.2. The molecule has 0 saturated carbocycles. The molecule has 1 N–H and O–H groups in total. The Balaban J connectivity index is 2.09. The van der Waals surface area contributed by atoms with Crippen LogP contribution in [0.15, 0.2) is 16.5 Å². The number of anilines is 2. The first-order chi connectivity index (χ1) is 8.54. The van der Waals surface area contributed by atoms with E-state index in [9.17, 15) is 0 Å². The van der Waals surface area contributed by atoms with Gasteiger partial charge in [0, 0.05) is 14.1 Å². The minimum atomic E-state index is 0.159. The molecule has 6 nitrogen and oxygen atoms in total. The average molecular weight is 268 g/mol. The first-order valence-corrected chi connectivity index (χ1v) is 5.80. The van der Waals surface area contributed by atoms with Crippen molar-refractivity contribution in [3.63, 3.8) is 0 Å². The van der Waals surface area contributed by atoms with Gasteiger partial charge in [0.25, 0.3) is 0 Å². The SMILES string of the molecule is Cc1ccc(CNc2nc(Cl)nc(N(C)C)n2)o1. The number of hydrogen-bond acceptors (Lipinski definition) is 6. The molecule has 7 heteroatoms. The second-order valence-corrected chi connectivity index (χ2v) is 4.33. The molecule has 0 fully saturated rings. The molecule has 2 heterocycles. The van der Waals surface area contributed by atoms with Crippen LogP contribution in [0.4, 0.5) is 11.9 Å². The summed E-state index contributed by atoms with van der Waals surface area (Å²) in [6.45, 7) is 2.40. The Bertz CT molecular complexity index is 540. The Morgan fingerprint density at radius 3 is 2.67 bits per heavy atom. The maximum absolute atomic E-state index is 5.83. The molecule has 0 radical (unpaired) electrons. The van der Waals surface area contributed by atoms with Gasteiger partial charge in [-0.1, -0.05) is 0 Å². The Morgan fingerprint density at radius 2 is 2.06 bits per heavy atom. The fourth-order valence-electron chi connectivity index (χ4n) is 1.36. The van der Waals surface area contributed by atoms with E-state index >= 15 is 0 Å². The first-order valence-electron chi connectivity index (χ1n) is 5.42. The van der Waals surface area contributed by atoms with E-state index in [4.69, 9.17) is 16.0 Å². The van der Waals surface area contributed by atoms with Gasteiger partial charge in [0.2, 0.25) is 17.2 Å². The number of nitrogens with one attached hydrogen (secondary N) is 1. The van der Waals surface area contributed by atoms with E-state index in [0.717, 1.165) is 11.5 Å². The number of aryl methyl sites for hydroxylation is 1. The van der Waals surface area contributed by atoms with Gasteiger partial charge in [-0.15, -0.1) is 0 Å². The lowest BCUT2D eigenvalue weighted by molar-refractivity contribution is 0.490. The van der Waals surface area contributed by atoms with Crippen molar-refractivity contribution in [2.75, 3.05) is 24.3 Å². The van der Waals surface area contributed by atoms with Crippen molar-refractivity contribution in [1.29, 1.82) is 0 Å². The molecule has 2 rings (SSSR count). The third kappa shape index (κ3) is 3.10. The van der Waals surface area contributed by atoms with Crippen molar-refractivity contribution >= 4 is 23.5 Å². The van der Waals surface area contributed by atoms with Crippen molar-refractivity contribution in [1.82, 2.24) is 15.0 Å². The van der Waals surface area contributed by atoms with E-state index in [-0.39, 0.29) is 5.28 Å². The second kappa shape index (κ2) is 5.22. The Labute approximate surface area is 110 Å². The highest BCUT2D eigenvalue weighted by molar-refractivity contribution is 6.28. The van der Waals surface area contributed by atoms with Gasteiger partial charge >= 0.3 is 0 Å². The van der Waals surface area contributed by atoms with Crippen LogP contribution in [0, 0.1) is 6.92 Å². The fourth-order valence-corrected chi connectivity index (χ4v) is 1.52. The molecule has 0 unspecified atom stereocenters. The van der Waals surface area contributed by atoms with Gasteiger partial charge in [-0.05, 0) is 30.7 Å². The molecular weight excluding hydrogens is 254 g/mol. The third-order valence-electron chi connectivity index (χ3n) is 2.21. The van der Waals surface area contributed by atoms with Crippen molar-refractivity contribution in [2.45, 2.75) is 13.5 Å². The predicted octanol–water partition coefficient (Wildman–Crippen LogP) is 2.10. The summed E-state index contributed by atoms with van der Waals surface area (Å²) in [4.78, 5) is 14.0. The smallest absolute Gasteiger partial charge is 0.230 e. The van der Waals surface area contributed by atoms with E-state index in [1.165, 1.54) is 0 Å². The van der Waals surface area contributed by atoms with E-state index in [1.807, 2.05) is 33.2 Å². The van der Waals surface area contributed by atoms with E-state index in [0.29, 0.717) is 18.4 Å². The number of furan rings is 1. The molecule has 0 spiro atoms. The van der Waals surface area contributed by atoms with Crippen LogP contribution in [-0.4, -0.2) is 29.0 Å². The molecule has 2 aromatic rings. The molecule has 96 valence electrons. The van der Waals surface area contributed by atoms with Gasteiger partial charge in [-0.2, -0.15) is 15.0 Å². The Morgan fingerprint density at radius 1 is 1.28 bits per heavy atom. The number of hydrogen-bond donors (Lipinski definition) is 1. The molecule has 0 aliphatic carbocycles. The minimum Gasteiger partial charge on any atom is -0.465 e. The van der Waals surface area contributed by atoms with Crippen molar-refractivity contribution in [2.24, 2.45) is 0 Å². The van der Waals surface area contributed by atoms with Gasteiger partial charge in [0.1, 0.15) is 11.5 Å². The monoisotopic (exact) mass is 267 g/mol. The van der Waals surface area contributed by atoms with Crippen LogP contribution in [-0.2, 0) is 6.54 Å². The van der Waals surface area contributed by atoms with Gasteiger partial charge < -0.3 is 14.6 Å². The average Bonchev–Trinajstić information content (AvgIpc) is 2.72. The lowest BCUT2D eigenvalue weighted by atomic mass is 10.4. The molecule has 2 aromatic heterocycles. The lowest BCUT2D eigenvalue weighted by Gasteiger charge is -2.11. The normalized spacial score (nSPS) is 10.4. The molecule has 0 aliphatic rings. The summed E-state index contributed by atoms with van der Waals surface area (Å²) in [7, 11) is 3.68. The summed E-state index contributed by atoms with van der Waals surface area (Å²) in [5.74, 6) is 2.62. The quantitative estimate of drug-likeness (QED) is 0.915. The summed E-state index contributed by atoms with van der Waals surface area (Å²) in [6.07, 6.45) is 0. The zero-order valence-electron chi connectivity index (χ0n) is 10.4. The van der Waals surface area contributed by atoms with Gasteiger partial charge in [-0.3, -0.25) is 0 Å². The van der Waals surface area contributed by atoms with Crippen molar-refractivity contribution < 1.29 is 4.42 Å². The highest BCUT2D eigenvalue weighted by Gasteiger charge is 2.07. The first kappa shape index (κ1) is 12.6. The third-order valence-corrected chi connectivity index (χ3v) is 2.38. The van der Waals surface area contributed by atoms with Crippen molar-refractivity contribution in [3.05, 3.63) is 28.9 Å². The Kier molecular flexibility index (Phi) is 3.66. The topological polar surface area (TPSA) is 67.1 Å². The number of rotatable bonds is 4. The van der Waals surface area contributed by atoms with Crippen molar-refractivity contribution in [3.8, 4) is 0 Å². The van der Waals surface area contributed by atoms with Crippen LogP contribution in [0.5, 0.6) is 0 Å². The molecule has 18 heavy (non-hydrogen) atoms. The highest BCUT2D eigenvalue weighted by atomic mass is 35.5. The second-order valence-electron chi connectivity index (χ2n) is 3.99. The van der Waals surface area contributed by atoms with Crippen LogP contribution in [0.1, 0.15) is 11.5 Å². The van der Waals surface area contributed by atoms with Gasteiger partial charge in [0.15, 0.2) is 0 Å². The molecular formula is C11H14ClN5O. The predicted molar refractivity (Wildman–Crippen MR) is 69.9 cm³/mol.